The van der Waals surface area contributed by atoms with E-state index in [1.807, 2.05) is 18.2 Å². The smallest absolute Gasteiger partial charge is 0.240 e. The average molecular weight is 580 g/mol. The molecule has 1 aromatic heterocycles. The van der Waals surface area contributed by atoms with E-state index in [0.717, 1.165) is 36.5 Å². The number of aromatic nitrogens is 1. The van der Waals surface area contributed by atoms with Gasteiger partial charge in [0.25, 0.3) is 0 Å². The van der Waals surface area contributed by atoms with E-state index in [1.54, 1.807) is 0 Å². The largest absolute Gasteiger partial charge is 0.343 e. The summed E-state index contributed by atoms with van der Waals surface area (Å²) in [5, 5.41) is 4.48. The van der Waals surface area contributed by atoms with Crippen LogP contribution in [0.4, 0.5) is 0 Å². The number of hydrogen-bond donors (Lipinski definition) is 2. The number of nitrogens with one attached hydrogen (secondary N) is 1. The molecule has 2 heterocycles. The van der Waals surface area contributed by atoms with E-state index < -0.39 is 0 Å². The molecule has 0 aliphatic carbocycles. The third-order valence-corrected chi connectivity index (χ3v) is 8.08. The summed E-state index contributed by atoms with van der Waals surface area (Å²) in [4.78, 5) is 26.7. The fourth-order valence-electron chi connectivity index (χ4n) is 5.83. The second-order valence-corrected chi connectivity index (χ2v) is 10.8. The van der Waals surface area contributed by atoms with Gasteiger partial charge >= 0.3 is 0 Å². The Labute approximate surface area is 246 Å². The van der Waals surface area contributed by atoms with E-state index in [9.17, 15) is 9.59 Å². The third-order valence-electron chi connectivity index (χ3n) is 7.72. The van der Waals surface area contributed by atoms with Gasteiger partial charge in [-0.05, 0) is 54.1 Å². The summed E-state index contributed by atoms with van der Waals surface area (Å²) >= 11 is 6.53. The Balaban J connectivity index is 0.00000370. The normalized spacial score (nSPS) is 17.4. The molecule has 1 aliphatic rings. The van der Waals surface area contributed by atoms with Gasteiger partial charge in [0.2, 0.25) is 11.8 Å². The van der Waals surface area contributed by atoms with Gasteiger partial charge in [-0.1, -0.05) is 78.3 Å². The van der Waals surface area contributed by atoms with Crippen LogP contribution in [0.3, 0.4) is 0 Å². The molecule has 3 aromatic carbocycles. The Morgan fingerprint density at radius 1 is 0.950 bits per heavy atom. The topological polar surface area (TPSA) is 80.4 Å². The van der Waals surface area contributed by atoms with Gasteiger partial charge < -0.3 is 10.3 Å². The Morgan fingerprint density at radius 3 is 2.45 bits per heavy atom. The number of halogens is 2. The van der Waals surface area contributed by atoms with Crippen LogP contribution in [0.1, 0.15) is 35.4 Å². The van der Waals surface area contributed by atoms with Crippen molar-refractivity contribution in [2.24, 2.45) is 11.7 Å². The Hall–Kier alpha value is -3.16. The number of benzene rings is 3. The van der Waals surface area contributed by atoms with E-state index in [2.05, 4.69) is 81.6 Å². The van der Waals surface area contributed by atoms with Gasteiger partial charge in [-0.2, -0.15) is 0 Å². The molecule has 5 rings (SSSR count). The predicted molar refractivity (Wildman–Crippen MR) is 164 cm³/mol. The molecule has 0 radical (unpaired) electrons. The number of likely N-dealkylation sites (tertiary alicyclic amines) is 1. The van der Waals surface area contributed by atoms with Crippen LogP contribution in [0.5, 0.6) is 0 Å². The van der Waals surface area contributed by atoms with Gasteiger partial charge in [0.15, 0.2) is 0 Å². The van der Waals surface area contributed by atoms with Crippen molar-refractivity contribution in [1.29, 1.82) is 0 Å². The van der Waals surface area contributed by atoms with Gasteiger partial charge in [0.1, 0.15) is 0 Å². The Kier molecular flexibility index (Phi) is 10.4. The fraction of sp³-hybridized carbons (Fsp3) is 0.312. The van der Waals surface area contributed by atoms with Crippen molar-refractivity contribution in [2.45, 2.75) is 31.7 Å². The van der Waals surface area contributed by atoms with Crippen molar-refractivity contribution in [3.05, 3.63) is 107 Å². The van der Waals surface area contributed by atoms with E-state index in [1.165, 1.54) is 22.0 Å². The minimum absolute atomic E-state index is 0. The number of fused-ring (bicyclic) bond motifs is 1. The molecular weight excluding hydrogens is 543 g/mol. The van der Waals surface area contributed by atoms with Gasteiger partial charge in [-0.25, -0.2) is 0 Å². The second-order valence-electron chi connectivity index (χ2n) is 10.4. The molecule has 2 atom stereocenters. The van der Waals surface area contributed by atoms with Crippen molar-refractivity contribution >= 4 is 46.7 Å². The van der Waals surface area contributed by atoms with Crippen LogP contribution < -0.4 is 11.1 Å². The van der Waals surface area contributed by atoms with Crippen molar-refractivity contribution < 1.29 is 9.59 Å². The van der Waals surface area contributed by atoms with Crippen molar-refractivity contribution in [3.63, 3.8) is 0 Å². The predicted octanol–water partition coefficient (Wildman–Crippen LogP) is 5.40. The zero-order chi connectivity index (χ0) is 27.2. The highest BCUT2D eigenvalue weighted by Gasteiger charge is 2.33. The zero-order valence-electron chi connectivity index (χ0n) is 22.5. The molecule has 6 nitrogen and oxygen atoms in total. The van der Waals surface area contributed by atoms with Crippen LogP contribution in [-0.2, 0) is 22.6 Å². The summed E-state index contributed by atoms with van der Waals surface area (Å²) in [5.74, 6) is 0.0598. The summed E-state index contributed by atoms with van der Waals surface area (Å²) in [6.45, 7) is 2.67. The minimum atomic E-state index is -0.319. The highest BCUT2D eigenvalue weighted by molar-refractivity contribution is 6.31. The van der Waals surface area contributed by atoms with Crippen molar-refractivity contribution in [2.75, 3.05) is 26.2 Å². The number of hydrogen-bond acceptors (Lipinski definition) is 4. The molecule has 0 saturated carbocycles. The molecule has 8 heteroatoms. The van der Waals surface area contributed by atoms with Crippen LogP contribution in [-0.4, -0.2) is 47.5 Å². The van der Waals surface area contributed by atoms with Crippen LogP contribution in [0.2, 0.25) is 5.02 Å². The first-order valence-corrected chi connectivity index (χ1v) is 14.0. The number of rotatable bonds is 9. The number of nitrogens with zero attached hydrogens (tertiary/aromatic N) is 2. The third kappa shape index (κ3) is 7.12. The number of nitrogens with two attached hydrogens (primary N) is 1. The van der Waals surface area contributed by atoms with Crippen LogP contribution in [0.15, 0.2) is 85.1 Å². The maximum Gasteiger partial charge on any atom is 0.240 e. The summed E-state index contributed by atoms with van der Waals surface area (Å²) in [6, 6.07) is 27.1. The van der Waals surface area contributed by atoms with Crippen LogP contribution >= 0.6 is 24.0 Å². The lowest BCUT2D eigenvalue weighted by molar-refractivity contribution is -0.131. The lowest BCUT2D eigenvalue weighted by Crippen LogP contribution is -2.46. The zero-order valence-corrected chi connectivity index (χ0v) is 24.0. The Bertz CT molecular complexity index is 1440. The lowest BCUT2D eigenvalue weighted by Gasteiger charge is -2.38. The second kappa shape index (κ2) is 14.0. The highest BCUT2D eigenvalue weighted by Crippen LogP contribution is 2.39. The molecular formula is C32H36Cl2N4O2. The van der Waals surface area contributed by atoms with Gasteiger partial charge in [0, 0.05) is 54.1 Å². The van der Waals surface area contributed by atoms with E-state index >= 15 is 0 Å². The SMILES string of the molecule is Cl.NCCC(=O)NC(=O)CN1CCC(Cc2ccccc2)C(c2cn(Cc3ccccc3Cl)c3ccccc23)C1. The molecule has 0 spiro atoms. The first-order chi connectivity index (χ1) is 19.0. The fourth-order valence-corrected chi connectivity index (χ4v) is 6.02. The number of imide groups is 1. The molecule has 1 aliphatic heterocycles. The van der Waals surface area contributed by atoms with Crippen molar-refractivity contribution in [3.8, 4) is 0 Å². The van der Waals surface area contributed by atoms with Crippen LogP contribution in [0, 0.1) is 5.92 Å². The highest BCUT2D eigenvalue weighted by atomic mass is 35.5. The summed E-state index contributed by atoms with van der Waals surface area (Å²) < 4.78 is 2.29. The number of amides is 2. The summed E-state index contributed by atoms with van der Waals surface area (Å²) in [6.07, 6.45) is 4.38. The first-order valence-electron chi connectivity index (χ1n) is 13.6. The number of para-hydroxylation sites is 1. The molecule has 210 valence electrons. The molecule has 3 N–H and O–H groups in total. The molecule has 4 aromatic rings. The number of carbonyl (C=O) groups is 2. The molecule has 1 saturated heterocycles. The molecule has 2 unspecified atom stereocenters. The molecule has 2 amide bonds. The van der Waals surface area contributed by atoms with Gasteiger partial charge in [-0.3, -0.25) is 19.8 Å². The van der Waals surface area contributed by atoms with E-state index in [4.69, 9.17) is 17.3 Å². The average Bonchev–Trinajstić information content (AvgIpc) is 3.29. The summed E-state index contributed by atoms with van der Waals surface area (Å²) in [7, 11) is 0. The number of carbonyl (C=O) groups excluding carboxylic acids is 2. The Morgan fingerprint density at radius 2 is 1.68 bits per heavy atom. The summed E-state index contributed by atoms with van der Waals surface area (Å²) in [5.41, 5.74) is 10.3. The lowest BCUT2D eigenvalue weighted by atomic mass is 9.77. The van der Waals surface area contributed by atoms with Gasteiger partial charge in [0.05, 0.1) is 6.54 Å². The van der Waals surface area contributed by atoms with Crippen LogP contribution in [0.25, 0.3) is 10.9 Å². The van der Waals surface area contributed by atoms with E-state index in [0.29, 0.717) is 12.5 Å². The van der Waals surface area contributed by atoms with Gasteiger partial charge in [-0.15, -0.1) is 12.4 Å². The van der Waals surface area contributed by atoms with Crippen molar-refractivity contribution in [1.82, 2.24) is 14.8 Å². The first kappa shape index (κ1) is 29.8. The number of piperidine rings is 1. The molecule has 1 fully saturated rings. The maximum absolute atomic E-state index is 12.6. The molecule has 0 bridgehead atoms. The minimum Gasteiger partial charge on any atom is -0.343 e. The standard InChI is InChI=1S/C32H35ClN4O2.ClH/c33-29-12-6-4-10-25(29)19-37-21-28(26-11-5-7-13-30(26)37)27-20-36(22-32(39)35-31(38)14-16-34)17-15-24(27)18-23-8-2-1-3-9-23;/h1-13,21,24,27H,14-20,22,34H2,(H,35,38,39);1H. The monoisotopic (exact) mass is 578 g/mol. The quantitative estimate of drug-likeness (QED) is 0.278. The maximum atomic E-state index is 12.6. The van der Waals surface area contributed by atoms with E-state index in [-0.39, 0.29) is 49.6 Å². The molecule has 40 heavy (non-hydrogen) atoms.